The van der Waals surface area contributed by atoms with E-state index in [1.807, 2.05) is 6.92 Å². The van der Waals surface area contributed by atoms with Gasteiger partial charge in [0.15, 0.2) is 0 Å². The number of hydrogen-bond donors (Lipinski definition) is 0. The summed E-state index contributed by atoms with van der Waals surface area (Å²) in [4.78, 5) is 0. The second-order valence-electron chi connectivity index (χ2n) is 0.736. The molecule has 0 aliphatic carbocycles. The van der Waals surface area contributed by atoms with Gasteiger partial charge in [-0.15, -0.1) is 0 Å². The van der Waals surface area contributed by atoms with E-state index in [4.69, 9.17) is 11.6 Å². The van der Waals surface area contributed by atoms with Crippen molar-refractivity contribution in [2.24, 2.45) is 0 Å². The number of hydrogen-bond acceptors (Lipinski definition) is 0. The van der Waals surface area contributed by atoms with Crippen molar-refractivity contribution in [3.63, 3.8) is 0 Å². The Labute approximate surface area is 37.4 Å². The molecule has 0 nitrogen and oxygen atoms in total. The lowest BCUT2D eigenvalue weighted by atomic mass is 10.6. The molecule has 5 heavy (non-hydrogen) atoms. The SMILES string of the molecule is [CH2]C(Cl)=CC. The first kappa shape index (κ1) is 5.03. The van der Waals surface area contributed by atoms with Crippen LogP contribution in [0.4, 0.5) is 0 Å². The van der Waals surface area contributed by atoms with Crippen molar-refractivity contribution in [1.29, 1.82) is 0 Å². The summed E-state index contributed by atoms with van der Waals surface area (Å²) in [6, 6.07) is 0. The molecule has 0 bridgehead atoms. The summed E-state index contributed by atoms with van der Waals surface area (Å²) in [5.74, 6) is 0. The molecule has 0 unspecified atom stereocenters. The van der Waals surface area contributed by atoms with Gasteiger partial charge in [-0.25, -0.2) is 0 Å². The molecule has 0 fully saturated rings. The maximum absolute atomic E-state index is 5.21. The van der Waals surface area contributed by atoms with Gasteiger partial charge in [-0.2, -0.15) is 0 Å². The van der Waals surface area contributed by atoms with Crippen LogP contribution in [0.25, 0.3) is 0 Å². The second kappa shape index (κ2) is 2.28. The molecule has 0 amide bonds. The molecule has 29 valence electrons. The molecule has 0 aliphatic heterocycles. The zero-order valence-electron chi connectivity index (χ0n) is 3.16. The smallest absolute Gasteiger partial charge is 0.0142 e. The molecule has 0 rings (SSSR count). The fourth-order valence-electron chi connectivity index (χ4n) is 0. The predicted octanol–water partition coefficient (Wildman–Crippen LogP) is 1.96. The summed E-state index contributed by atoms with van der Waals surface area (Å²) in [6.07, 6.45) is 1.74. The molecule has 0 saturated heterocycles. The summed E-state index contributed by atoms with van der Waals surface area (Å²) >= 11 is 5.21. The molecule has 0 aromatic heterocycles. The van der Waals surface area contributed by atoms with Gasteiger partial charge in [-0.1, -0.05) is 17.7 Å². The highest BCUT2D eigenvalue weighted by atomic mass is 35.5. The molecule has 0 aliphatic rings. The Morgan fingerprint density at radius 3 is 2.20 bits per heavy atom. The van der Waals surface area contributed by atoms with Crippen molar-refractivity contribution in [3.8, 4) is 0 Å². The summed E-state index contributed by atoms with van der Waals surface area (Å²) in [6.45, 7) is 5.23. The van der Waals surface area contributed by atoms with E-state index in [9.17, 15) is 0 Å². The molecule has 0 heterocycles. The van der Waals surface area contributed by atoms with Gasteiger partial charge < -0.3 is 0 Å². The van der Waals surface area contributed by atoms with E-state index >= 15 is 0 Å². The van der Waals surface area contributed by atoms with Gasteiger partial charge in [0.1, 0.15) is 0 Å². The molecule has 0 aromatic carbocycles. The Hall–Kier alpha value is 0.0300. The van der Waals surface area contributed by atoms with Gasteiger partial charge in [0.05, 0.1) is 0 Å². The Morgan fingerprint density at radius 1 is 2.00 bits per heavy atom. The van der Waals surface area contributed by atoms with Gasteiger partial charge in [-0.3, -0.25) is 0 Å². The van der Waals surface area contributed by atoms with Crippen molar-refractivity contribution in [1.82, 2.24) is 0 Å². The van der Waals surface area contributed by atoms with Gasteiger partial charge in [0.25, 0.3) is 0 Å². The molecule has 0 aromatic rings. The normalized spacial score (nSPS) is 12.2. The maximum Gasteiger partial charge on any atom is 0.0142 e. The minimum absolute atomic E-state index is 0.602. The third kappa shape index (κ3) is 4.03. The average Bonchev–Trinajstić information content (AvgIpc) is 1.38. The van der Waals surface area contributed by atoms with Crippen LogP contribution in [0.15, 0.2) is 11.1 Å². The standard InChI is InChI=1S/C4H6Cl/c1-3-4(2)5/h3H,2H2,1H3. The lowest BCUT2D eigenvalue weighted by molar-refractivity contribution is 1.71. The fourth-order valence-corrected chi connectivity index (χ4v) is 0. The first-order valence-electron chi connectivity index (χ1n) is 1.41. The molecule has 1 radical (unpaired) electrons. The van der Waals surface area contributed by atoms with Crippen LogP contribution in [-0.2, 0) is 0 Å². The maximum atomic E-state index is 5.21. The lowest BCUT2D eigenvalue weighted by Crippen LogP contribution is -1.46. The highest BCUT2D eigenvalue weighted by Gasteiger charge is 1.64. The number of rotatable bonds is 0. The van der Waals surface area contributed by atoms with E-state index < -0.39 is 0 Å². The van der Waals surface area contributed by atoms with Crippen LogP contribution >= 0.6 is 11.6 Å². The first-order valence-corrected chi connectivity index (χ1v) is 1.79. The minimum atomic E-state index is 0.602. The minimum Gasteiger partial charge on any atom is -0.0895 e. The number of allylic oxidation sites excluding steroid dienone is 2. The van der Waals surface area contributed by atoms with E-state index in [0.717, 1.165) is 0 Å². The molecule has 0 N–H and O–H groups in total. The molecule has 0 saturated carbocycles. The van der Waals surface area contributed by atoms with E-state index in [2.05, 4.69) is 6.92 Å². The van der Waals surface area contributed by atoms with Crippen molar-refractivity contribution >= 4 is 11.6 Å². The molecule has 1 heteroatoms. The third-order valence-electron chi connectivity index (χ3n) is 0.313. The van der Waals surface area contributed by atoms with E-state index in [-0.39, 0.29) is 0 Å². The molecule has 0 atom stereocenters. The molecule has 0 spiro atoms. The van der Waals surface area contributed by atoms with Crippen molar-refractivity contribution in [2.45, 2.75) is 6.92 Å². The van der Waals surface area contributed by atoms with Gasteiger partial charge in [-0.05, 0) is 13.8 Å². The van der Waals surface area contributed by atoms with Crippen LogP contribution in [0.1, 0.15) is 6.92 Å². The Balaban J connectivity index is 3.14. The van der Waals surface area contributed by atoms with Crippen LogP contribution in [0, 0.1) is 6.92 Å². The monoisotopic (exact) mass is 89.0 g/mol. The largest absolute Gasteiger partial charge is 0.0895 e. The quantitative estimate of drug-likeness (QED) is 0.426. The zero-order chi connectivity index (χ0) is 4.28. The molecular weight excluding hydrogens is 83.5 g/mol. The van der Waals surface area contributed by atoms with Crippen LogP contribution in [-0.4, -0.2) is 0 Å². The van der Waals surface area contributed by atoms with E-state index in [1.54, 1.807) is 6.08 Å². The topological polar surface area (TPSA) is 0 Å². The third-order valence-corrected chi connectivity index (χ3v) is 0.531. The Kier molecular flexibility index (Phi) is 2.29. The van der Waals surface area contributed by atoms with Crippen molar-refractivity contribution in [3.05, 3.63) is 18.0 Å². The summed E-state index contributed by atoms with van der Waals surface area (Å²) in [5, 5.41) is 0.602. The zero-order valence-corrected chi connectivity index (χ0v) is 3.92. The summed E-state index contributed by atoms with van der Waals surface area (Å²) in [5.41, 5.74) is 0. The van der Waals surface area contributed by atoms with E-state index in [1.165, 1.54) is 0 Å². The second-order valence-corrected chi connectivity index (χ2v) is 1.22. The Morgan fingerprint density at radius 2 is 2.20 bits per heavy atom. The van der Waals surface area contributed by atoms with Crippen molar-refractivity contribution < 1.29 is 0 Å². The highest BCUT2D eigenvalue weighted by Crippen LogP contribution is 1.92. The van der Waals surface area contributed by atoms with Gasteiger partial charge in [0.2, 0.25) is 0 Å². The summed E-state index contributed by atoms with van der Waals surface area (Å²) < 4.78 is 0. The number of halogens is 1. The van der Waals surface area contributed by atoms with Crippen LogP contribution in [0.2, 0.25) is 0 Å². The molecular formula is C4H6Cl. The summed E-state index contributed by atoms with van der Waals surface area (Å²) in [7, 11) is 0. The highest BCUT2D eigenvalue weighted by molar-refractivity contribution is 6.30. The van der Waals surface area contributed by atoms with Gasteiger partial charge >= 0.3 is 0 Å². The van der Waals surface area contributed by atoms with Crippen LogP contribution in [0.5, 0.6) is 0 Å². The van der Waals surface area contributed by atoms with E-state index in [0.29, 0.717) is 5.03 Å². The van der Waals surface area contributed by atoms with Crippen LogP contribution in [0.3, 0.4) is 0 Å². The first-order chi connectivity index (χ1) is 2.27. The van der Waals surface area contributed by atoms with Gasteiger partial charge in [0, 0.05) is 5.03 Å². The Bertz CT molecular complexity index is 41.6. The average molecular weight is 89.5 g/mol. The van der Waals surface area contributed by atoms with Crippen molar-refractivity contribution in [2.75, 3.05) is 0 Å². The fraction of sp³-hybridized carbons (Fsp3) is 0.250. The predicted molar refractivity (Wildman–Crippen MR) is 25.0 cm³/mol. The van der Waals surface area contributed by atoms with Crippen LogP contribution < -0.4 is 0 Å². The lowest BCUT2D eigenvalue weighted by Gasteiger charge is -1.69.